The number of hydrogen-bond donors (Lipinski definition) is 0. The predicted molar refractivity (Wildman–Crippen MR) is 226 cm³/mol. The number of nitrogens with zero attached hydrogens (tertiary/aromatic N) is 3. The Morgan fingerprint density at radius 2 is 1.42 bits per heavy atom. The third-order valence-corrected chi connectivity index (χ3v) is 10.9. The molecule has 290 valence electrons. The molecule has 1 fully saturated rings. The summed E-state index contributed by atoms with van der Waals surface area (Å²) < 4.78 is 23.1. The number of anilines is 1. The second-order valence-corrected chi connectivity index (χ2v) is 14.6. The molecule has 0 N–H and O–H groups in total. The molecule has 0 aliphatic carbocycles. The molecule has 0 amide bonds. The maximum absolute atomic E-state index is 5.82. The molecule has 1 saturated heterocycles. The van der Waals surface area contributed by atoms with Crippen LogP contribution in [0, 0.1) is 6.92 Å². The number of benzene rings is 4. The molecule has 1 aliphatic heterocycles. The van der Waals surface area contributed by atoms with Gasteiger partial charge < -0.3 is 23.8 Å². The Bertz CT molecular complexity index is 2000. The maximum atomic E-state index is 5.82. The van der Waals surface area contributed by atoms with E-state index in [1.54, 1.807) is 21.3 Å². The topological polar surface area (TPSA) is 56.3 Å². The van der Waals surface area contributed by atoms with Crippen molar-refractivity contribution in [1.82, 2.24) is 9.88 Å². The number of pyridine rings is 1. The minimum atomic E-state index is 0.403. The highest BCUT2D eigenvalue weighted by atomic mass is 16.5. The van der Waals surface area contributed by atoms with Crippen molar-refractivity contribution >= 4 is 5.69 Å². The number of ether oxygens (including phenoxy) is 4. The summed E-state index contributed by atoms with van der Waals surface area (Å²) in [5, 5.41) is 0. The molecule has 2 heterocycles. The van der Waals surface area contributed by atoms with Crippen LogP contribution in [0.1, 0.15) is 74.3 Å². The van der Waals surface area contributed by atoms with Crippen LogP contribution in [-0.4, -0.2) is 57.0 Å². The third-order valence-electron chi connectivity index (χ3n) is 10.9. The largest absolute Gasteiger partial charge is 0.496 e. The first-order chi connectivity index (χ1) is 26.9. The van der Waals surface area contributed by atoms with Crippen LogP contribution >= 0.6 is 0 Å². The Hall–Kier alpha value is -5.01. The molecule has 0 bridgehead atoms. The standard InChI is InChI=1S/C48H59N3O4/c1-8-12-37-28-41(31-46(52-5)34(37)4)45-27-36(20-23-49-45)32-50-24-21-43(22-25-50)51(42-16-18-44(19-17-42)55-10-3)33-35-14-11-15-38(26-35)40-29-39(13-9-2)48(54-7)47(30-40)53-6/h11,14-20,23,26-31,43H,8-10,12-13,21-22,24-25,32-33H2,1-7H3. The molecule has 0 spiro atoms. The number of aryl methyl sites for hydroxylation is 2. The van der Waals surface area contributed by atoms with Crippen LogP contribution in [0.2, 0.25) is 0 Å². The van der Waals surface area contributed by atoms with Gasteiger partial charge in [-0.15, -0.1) is 0 Å². The smallest absolute Gasteiger partial charge is 0.163 e. The molecule has 6 rings (SSSR count). The average Bonchev–Trinajstić information content (AvgIpc) is 3.21. The molecule has 5 aromatic rings. The summed E-state index contributed by atoms with van der Waals surface area (Å²) in [5.74, 6) is 3.44. The molecular weight excluding hydrogens is 683 g/mol. The number of aromatic nitrogens is 1. The Morgan fingerprint density at radius 1 is 0.709 bits per heavy atom. The normalized spacial score (nSPS) is 13.4. The lowest BCUT2D eigenvalue weighted by Gasteiger charge is -2.40. The van der Waals surface area contributed by atoms with Gasteiger partial charge in [0.2, 0.25) is 0 Å². The maximum Gasteiger partial charge on any atom is 0.163 e. The van der Waals surface area contributed by atoms with Crippen LogP contribution in [0.4, 0.5) is 5.69 Å². The summed E-state index contributed by atoms with van der Waals surface area (Å²) in [6.07, 6.45) is 8.21. The Labute approximate surface area is 329 Å². The number of hydrogen-bond acceptors (Lipinski definition) is 7. The Kier molecular flexibility index (Phi) is 13.7. The van der Waals surface area contributed by atoms with Crippen molar-refractivity contribution in [3.8, 4) is 45.4 Å². The average molecular weight is 742 g/mol. The number of methoxy groups -OCH3 is 3. The summed E-state index contributed by atoms with van der Waals surface area (Å²) in [6, 6.07) is 31.2. The molecular formula is C48H59N3O4. The summed E-state index contributed by atoms with van der Waals surface area (Å²) in [6.45, 7) is 13.0. The van der Waals surface area contributed by atoms with Crippen LogP contribution in [0.3, 0.4) is 0 Å². The molecule has 4 aromatic carbocycles. The van der Waals surface area contributed by atoms with Crippen molar-refractivity contribution in [3.05, 3.63) is 119 Å². The van der Waals surface area contributed by atoms with Gasteiger partial charge in [-0.25, -0.2) is 0 Å². The van der Waals surface area contributed by atoms with Gasteiger partial charge in [-0.05, 0) is 145 Å². The van der Waals surface area contributed by atoms with E-state index in [1.807, 2.05) is 13.1 Å². The minimum Gasteiger partial charge on any atom is -0.496 e. The molecule has 0 atom stereocenters. The summed E-state index contributed by atoms with van der Waals surface area (Å²) in [7, 11) is 5.19. The fraction of sp³-hybridized carbons (Fsp3) is 0.396. The van der Waals surface area contributed by atoms with Crippen LogP contribution in [-0.2, 0) is 25.9 Å². The summed E-state index contributed by atoms with van der Waals surface area (Å²) >= 11 is 0. The van der Waals surface area contributed by atoms with Gasteiger partial charge in [-0.1, -0.05) is 44.9 Å². The Balaban J connectivity index is 1.20. The van der Waals surface area contributed by atoms with E-state index < -0.39 is 0 Å². The van der Waals surface area contributed by atoms with Gasteiger partial charge in [0.05, 0.1) is 33.6 Å². The zero-order valence-corrected chi connectivity index (χ0v) is 34.0. The molecule has 55 heavy (non-hydrogen) atoms. The van der Waals surface area contributed by atoms with Crippen LogP contribution in [0.5, 0.6) is 23.0 Å². The molecule has 0 radical (unpaired) electrons. The van der Waals surface area contributed by atoms with E-state index in [-0.39, 0.29) is 0 Å². The van der Waals surface area contributed by atoms with Gasteiger partial charge in [-0.3, -0.25) is 9.88 Å². The zero-order valence-electron chi connectivity index (χ0n) is 34.0. The second kappa shape index (κ2) is 19.0. The van der Waals surface area contributed by atoms with E-state index in [0.717, 1.165) is 105 Å². The highest BCUT2D eigenvalue weighted by Crippen LogP contribution is 2.38. The lowest BCUT2D eigenvalue weighted by molar-refractivity contribution is 0.201. The van der Waals surface area contributed by atoms with Gasteiger partial charge in [0.25, 0.3) is 0 Å². The minimum absolute atomic E-state index is 0.403. The fourth-order valence-electron chi connectivity index (χ4n) is 8.05. The van der Waals surface area contributed by atoms with Crippen molar-refractivity contribution in [3.63, 3.8) is 0 Å². The van der Waals surface area contributed by atoms with Gasteiger partial charge in [0.15, 0.2) is 11.5 Å². The van der Waals surface area contributed by atoms with E-state index in [9.17, 15) is 0 Å². The molecule has 1 aliphatic rings. The lowest BCUT2D eigenvalue weighted by Crippen LogP contribution is -2.44. The van der Waals surface area contributed by atoms with E-state index in [4.69, 9.17) is 23.9 Å². The SMILES string of the molecule is CCCc1cc(-c2cc(CN3CCC(N(Cc4cccc(-c5cc(CCC)c(OC)c(OC)c5)c4)c4ccc(OCC)cc4)CC3)ccn2)cc(OC)c1C. The van der Waals surface area contributed by atoms with Gasteiger partial charge in [0, 0.05) is 49.7 Å². The van der Waals surface area contributed by atoms with Gasteiger partial charge in [-0.2, -0.15) is 0 Å². The molecule has 0 saturated carbocycles. The molecule has 7 nitrogen and oxygen atoms in total. The number of piperidine rings is 1. The molecule has 1 aromatic heterocycles. The highest BCUT2D eigenvalue weighted by Gasteiger charge is 2.26. The van der Waals surface area contributed by atoms with E-state index in [1.165, 1.54) is 39.1 Å². The Morgan fingerprint density at radius 3 is 2.11 bits per heavy atom. The van der Waals surface area contributed by atoms with E-state index in [0.29, 0.717) is 12.6 Å². The van der Waals surface area contributed by atoms with Crippen LogP contribution in [0.25, 0.3) is 22.4 Å². The second-order valence-electron chi connectivity index (χ2n) is 14.6. The molecule has 0 unspecified atom stereocenters. The van der Waals surface area contributed by atoms with Gasteiger partial charge in [0.1, 0.15) is 11.5 Å². The van der Waals surface area contributed by atoms with Crippen LogP contribution in [0.15, 0.2) is 91.1 Å². The molecule has 7 heteroatoms. The van der Waals surface area contributed by atoms with E-state index in [2.05, 4.69) is 116 Å². The van der Waals surface area contributed by atoms with Crippen molar-refractivity contribution in [2.75, 3.05) is 45.9 Å². The lowest BCUT2D eigenvalue weighted by atomic mass is 9.97. The predicted octanol–water partition coefficient (Wildman–Crippen LogP) is 10.7. The zero-order chi connectivity index (χ0) is 38.7. The fourth-order valence-corrected chi connectivity index (χ4v) is 8.05. The summed E-state index contributed by atoms with van der Waals surface area (Å²) in [5.41, 5.74) is 12.0. The first-order valence-corrected chi connectivity index (χ1v) is 20.1. The van der Waals surface area contributed by atoms with Crippen LogP contribution < -0.4 is 23.8 Å². The quantitative estimate of drug-likeness (QED) is 0.0940. The monoisotopic (exact) mass is 741 g/mol. The first kappa shape index (κ1) is 39.7. The van der Waals surface area contributed by atoms with E-state index >= 15 is 0 Å². The van der Waals surface area contributed by atoms with Crippen molar-refractivity contribution in [2.24, 2.45) is 0 Å². The number of likely N-dealkylation sites (tertiary alicyclic amines) is 1. The van der Waals surface area contributed by atoms with Crippen molar-refractivity contribution < 1.29 is 18.9 Å². The highest BCUT2D eigenvalue weighted by molar-refractivity contribution is 5.70. The first-order valence-electron chi connectivity index (χ1n) is 20.1. The van der Waals surface area contributed by atoms with Crippen molar-refractivity contribution in [2.45, 2.75) is 85.4 Å². The van der Waals surface area contributed by atoms with Gasteiger partial charge >= 0.3 is 0 Å². The third kappa shape index (κ3) is 9.63. The summed E-state index contributed by atoms with van der Waals surface area (Å²) in [4.78, 5) is 9.98. The van der Waals surface area contributed by atoms with Crippen molar-refractivity contribution in [1.29, 1.82) is 0 Å². The number of rotatable bonds is 17.